The van der Waals surface area contributed by atoms with E-state index >= 15 is 0 Å². The van der Waals surface area contributed by atoms with Crippen LogP contribution in [0, 0.1) is 0 Å². The van der Waals surface area contributed by atoms with Crippen LogP contribution in [0.3, 0.4) is 0 Å². The van der Waals surface area contributed by atoms with Crippen LogP contribution >= 0.6 is 0 Å². The van der Waals surface area contributed by atoms with Gasteiger partial charge in [-0.25, -0.2) is 9.98 Å². The van der Waals surface area contributed by atoms with E-state index in [0.29, 0.717) is 0 Å². The first-order chi connectivity index (χ1) is 5.95. The molecule has 2 nitrogen and oxygen atoms in total. The summed E-state index contributed by atoms with van der Waals surface area (Å²) in [6.45, 7) is 0. The van der Waals surface area contributed by atoms with Gasteiger partial charge >= 0.3 is 0 Å². The highest BCUT2D eigenvalue weighted by Crippen LogP contribution is 2.35. The zero-order valence-electron chi connectivity index (χ0n) is 6.36. The fourth-order valence-corrected chi connectivity index (χ4v) is 1.54. The number of aliphatic imine (C=N–C) groups is 2. The monoisotopic (exact) mass is 154 g/mol. The molecule has 0 unspecified atom stereocenters. The van der Waals surface area contributed by atoms with Crippen molar-refractivity contribution in [1.29, 1.82) is 0 Å². The van der Waals surface area contributed by atoms with Crippen LogP contribution in [0.1, 0.15) is 5.56 Å². The number of hydrogen-bond acceptors (Lipinski definition) is 2. The Morgan fingerprint density at radius 3 is 3.00 bits per heavy atom. The molecule has 0 atom stereocenters. The minimum absolute atomic E-state index is 0.858. The smallest absolute Gasteiger partial charge is 0.160 e. The average molecular weight is 154 g/mol. The summed E-state index contributed by atoms with van der Waals surface area (Å²) in [7, 11) is 0. The van der Waals surface area contributed by atoms with Crippen LogP contribution in [0.15, 0.2) is 40.3 Å². The van der Waals surface area contributed by atoms with E-state index in [4.69, 9.17) is 0 Å². The molecule has 2 aliphatic rings. The van der Waals surface area contributed by atoms with Crippen molar-refractivity contribution in [1.82, 2.24) is 0 Å². The molecule has 3 rings (SSSR count). The Labute approximate surface area is 70.0 Å². The number of rotatable bonds is 0. The molecule has 0 amide bonds. The van der Waals surface area contributed by atoms with Crippen LogP contribution in [0.4, 0.5) is 5.69 Å². The van der Waals surface area contributed by atoms with Crippen molar-refractivity contribution < 1.29 is 0 Å². The Morgan fingerprint density at radius 2 is 2.00 bits per heavy atom. The van der Waals surface area contributed by atoms with Gasteiger partial charge in [-0.15, -0.1) is 0 Å². The third-order valence-corrected chi connectivity index (χ3v) is 2.10. The number of fused-ring (bicyclic) bond motifs is 3. The van der Waals surface area contributed by atoms with Gasteiger partial charge in [0.1, 0.15) is 0 Å². The van der Waals surface area contributed by atoms with E-state index in [0.717, 1.165) is 17.1 Å². The summed E-state index contributed by atoms with van der Waals surface area (Å²) in [6, 6.07) is 8.11. The summed E-state index contributed by atoms with van der Waals surface area (Å²) >= 11 is 0. The molecule has 0 spiro atoms. The molecule has 56 valence electrons. The van der Waals surface area contributed by atoms with Crippen molar-refractivity contribution in [2.75, 3.05) is 0 Å². The average Bonchev–Trinajstić information content (AvgIpc) is 2.62. The van der Waals surface area contributed by atoms with Crippen LogP contribution in [0.25, 0.3) is 5.57 Å². The number of para-hydroxylation sites is 1. The van der Waals surface area contributed by atoms with Crippen LogP contribution in [-0.4, -0.2) is 12.1 Å². The molecule has 0 bridgehead atoms. The number of allylic oxidation sites excluding steroid dienone is 1. The third-order valence-electron chi connectivity index (χ3n) is 2.10. The lowest BCUT2D eigenvalue weighted by Gasteiger charge is -1.94. The van der Waals surface area contributed by atoms with Crippen LogP contribution < -0.4 is 0 Å². The number of amidine groups is 1. The highest BCUT2D eigenvalue weighted by Gasteiger charge is 2.21. The van der Waals surface area contributed by atoms with Gasteiger partial charge in [0.2, 0.25) is 0 Å². The van der Waals surface area contributed by atoms with Gasteiger partial charge in [0, 0.05) is 17.4 Å². The maximum atomic E-state index is 4.36. The molecule has 1 aromatic rings. The summed E-state index contributed by atoms with van der Waals surface area (Å²) in [5.41, 5.74) is 3.39. The van der Waals surface area contributed by atoms with E-state index in [1.165, 1.54) is 5.56 Å². The summed E-state index contributed by atoms with van der Waals surface area (Å²) in [5, 5.41) is 0. The van der Waals surface area contributed by atoms with Crippen molar-refractivity contribution in [2.45, 2.75) is 0 Å². The second-order valence-electron chi connectivity index (χ2n) is 2.81. The van der Waals surface area contributed by atoms with Crippen molar-refractivity contribution in [3.8, 4) is 0 Å². The zero-order chi connectivity index (χ0) is 7.97. The van der Waals surface area contributed by atoms with Crippen molar-refractivity contribution in [3.05, 3.63) is 35.9 Å². The van der Waals surface area contributed by atoms with Crippen LogP contribution in [0.5, 0.6) is 0 Å². The second kappa shape index (κ2) is 1.91. The van der Waals surface area contributed by atoms with Crippen molar-refractivity contribution in [2.24, 2.45) is 9.98 Å². The van der Waals surface area contributed by atoms with Crippen LogP contribution in [0.2, 0.25) is 0 Å². The first kappa shape index (κ1) is 5.89. The summed E-state index contributed by atoms with van der Waals surface area (Å²) < 4.78 is 0. The Balaban J connectivity index is 2.33. The fraction of sp³-hybridized carbons (Fsp3) is 0. The normalized spacial score (nSPS) is 17.0. The van der Waals surface area contributed by atoms with E-state index in [9.17, 15) is 0 Å². The Hall–Kier alpha value is -1.70. The summed E-state index contributed by atoms with van der Waals surface area (Å²) in [4.78, 5) is 8.51. The zero-order valence-corrected chi connectivity index (χ0v) is 6.36. The fourth-order valence-electron chi connectivity index (χ4n) is 1.54. The maximum Gasteiger partial charge on any atom is 0.160 e. The lowest BCUT2D eigenvalue weighted by molar-refractivity contribution is 1.52. The molecule has 0 fully saturated rings. The number of hydrogen-bond donors (Lipinski definition) is 0. The predicted octanol–water partition coefficient (Wildman–Crippen LogP) is 2.20. The van der Waals surface area contributed by atoms with Gasteiger partial charge < -0.3 is 0 Å². The molecule has 0 saturated heterocycles. The van der Waals surface area contributed by atoms with Crippen molar-refractivity contribution >= 4 is 23.3 Å². The molecule has 2 heterocycles. The lowest BCUT2D eigenvalue weighted by atomic mass is 10.1. The number of benzene rings is 1. The molecule has 2 aliphatic heterocycles. The molecule has 12 heavy (non-hydrogen) atoms. The summed E-state index contributed by atoms with van der Waals surface area (Å²) in [6.07, 6.45) is 3.80. The molecule has 0 saturated carbocycles. The maximum absolute atomic E-state index is 4.36. The molecule has 0 aromatic heterocycles. The van der Waals surface area contributed by atoms with Gasteiger partial charge in [-0.3, -0.25) is 0 Å². The molecule has 2 heteroatoms. The lowest BCUT2D eigenvalue weighted by Crippen LogP contribution is -1.85. The highest BCUT2D eigenvalue weighted by molar-refractivity contribution is 6.35. The molecular weight excluding hydrogens is 148 g/mol. The van der Waals surface area contributed by atoms with Gasteiger partial charge in [0.15, 0.2) is 5.84 Å². The third kappa shape index (κ3) is 0.593. The SMILES string of the molecule is C1=NC2=Nc3ccccc3C2=C1. The summed E-state index contributed by atoms with van der Waals surface area (Å²) in [5.74, 6) is 0.858. The molecule has 0 aliphatic carbocycles. The van der Waals surface area contributed by atoms with E-state index in [1.54, 1.807) is 6.21 Å². The van der Waals surface area contributed by atoms with Crippen molar-refractivity contribution in [3.63, 3.8) is 0 Å². The minimum atomic E-state index is 0.858. The van der Waals surface area contributed by atoms with E-state index in [2.05, 4.69) is 16.1 Å². The first-order valence-corrected chi connectivity index (χ1v) is 3.88. The first-order valence-electron chi connectivity index (χ1n) is 3.88. The Bertz CT molecular complexity index is 439. The van der Waals surface area contributed by atoms with Gasteiger partial charge in [-0.1, -0.05) is 18.2 Å². The Morgan fingerprint density at radius 1 is 1.08 bits per heavy atom. The standard InChI is InChI=1S/C10H6N2/c1-2-4-9-7(3-1)8-5-6-11-10(8)12-9/h1-6H. The molecular formula is C10H6N2. The Kier molecular flexibility index (Phi) is 0.939. The largest absolute Gasteiger partial charge is 0.237 e. The van der Waals surface area contributed by atoms with E-state index in [1.807, 2.05) is 24.3 Å². The van der Waals surface area contributed by atoms with Gasteiger partial charge in [0.05, 0.1) is 5.69 Å². The van der Waals surface area contributed by atoms with E-state index in [-0.39, 0.29) is 0 Å². The van der Waals surface area contributed by atoms with E-state index < -0.39 is 0 Å². The van der Waals surface area contributed by atoms with Gasteiger partial charge in [-0.2, -0.15) is 0 Å². The molecule has 0 N–H and O–H groups in total. The second-order valence-corrected chi connectivity index (χ2v) is 2.81. The number of nitrogens with zero attached hydrogens (tertiary/aromatic N) is 2. The quantitative estimate of drug-likeness (QED) is 0.547. The highest BCUT2D eigenvalue weighted by atomic mass is 15.0. The molecule has 0 radical (unpaired) electrons. The molecule has 1 aromatic carbocycles. The predicted molar refractivity (Wildman–Crippen MR) is 50.0 cm³/mol. The van der Waals surface area contributed by atoms with Crippen LogP contribution in [-0.2, 0) is 0 Å². The van der Waals surface area contributed by atoms with Gasteiger partial charge in [0.25, 0.3) is 0 Å². The van der Waals surface area contributed by atoms with Gasteiger partial charge in [-0.05, 0) is 12.1 Å². The minimum Gasteiger partial charge on any atom is -0.237 e. The topological polar surface area (TPSA) is 24.7 Å².